The van der Waals surface area contributed by atoms with Crippen LogP contribution in [0.15, 0.2) is 47.6 Å². The van der Waals surface area contributed by atoms with Gasteiger partial charge in [0.15, 0.2) is 11.5 Å². The smallest absolute Gasteiger partial charge is 0.254 e. The number of likely N-dealkylation sites (tertiary alicyclic amines) is 1. The molecule has 1 fully saturated rings. The predicted octanol–water partition coefficient (Wildman–Crippen LogP) is 3.38. The van der Waals surface area contributed by atoms with Gasteiger partial charge in [0.25, 0.3) is 11.8 Å². The van der Waals surface area contributed by atoms with Crippen molar-refractivity contribution in [1.29, 1.82) is 0 Å². The third-order valence-corrected chi connectivity index (χ3v) is 6.24. The number of methoxy groups -OCH3 is 2. The molecule has 2 aromatic rings. The maximum Gasteiger partial charge on any atom is 0.254 e. The monoisotopic (exact) mass is 434 g/mol. The van der Waals surface area contributed by atoms with Gasteiger partial charge in [0.2, 0.25) is 0 Å². The molecule has 4 rings (SSSR count). The topological polar surface area (TPSA) is 71.4 Å². The number of carbonyl (C=O) groups is 2. The highest BCUT2D eigenvalue weighted by Crippen LogP contribution is 2.37. The van der Waals surface area contributed by atoms with Crippen molar-refractivity contribution in [2.24, 2.45) is 10.5 Å². The lowest BCUT2D eigenvalue weighted by Crippen LogP contribution is -2.47. The van der Waals surface area contributed by atoms with Crippen LogP contribution in [-0.2, 0) is 4.79 Å². The molecule has 7 heteroatoms. The Hall–Kier alpha value is -3.35. The van der Waals surface area contributed by atoms with Crippen LogP contribution in [0, 0.1) is 11.5 Å². The van der Waals surface area contributed by atoms with Crippen LogP contribution in [0.25, 0.3) is 0 Å². The summed E-state index contributed by atoms with van der Waals surface area (Å²) in [5.74, 6) is 1.18. The molecular weight excluding hydrogens is 406 g/mol. The lowest BCUT2D eigenvalue weighted by atomic mass is 9.83. The van der Waals surface area contributed by atoms with E-state index in [9.17, 15) is 9.59 Å². The Kier molecular flexibility index (Phi) is 5.91. The molecule has 0 spiro atoms. The van der Waals surface area contributed by atoms with E-state index in [0.29, 0.717) is 48.7 Å². The SMILES string of the molecule is COc1ccc(C2=NN(C3CCN(C(=O)c4[c]cccc4)CC3)C(=O)C2(C)C)cc1OC. The summed E-state index contributed by atoms with van der Waals surface area (Å²) in [4.78, 5) is 27.8. The number of benzene rings is 2. The minimum Gasteiger partial charge on any atom is -0.493 e. The molecule has 0 saturated carbocycles. The fourth-order valence-corrected chi connectivity index (χ4v) is 4.33. The number of rotatable bonds is 5. The van der Waals surface area contributed by atoms with Crippen molar-refractivity contribution < 1.29 is 19.1 Å². The molecule has 2 aromatic carbocycles. The molecule has 2 amide bonds. The number of hydrogen-bond acceptors (Lipinski definition) is 5. The zero-order valence-corrected chi connectivity index (χ0v) is 18.9. The third-order valence-electron chi connectivity index (χ3n) is 6.24. The first-order chi connectivity index (χ1) is 15.4. The van der Waals surface area contributed by atoms with E-state index >= 15 is 0 Å². The van der Waals surface area contributed by atoms with Crippen LogP contribution in [0.3, 0.4) is 0 Å². The summed E-state index contributed by atoms with van der Waals surface area (Å²) in [6.45, 7) is 4.96. The maximum atomic E-state index is 13.3. The third kappa shape index (κ3) is 3.83. The van der Waals surface area contributed by atoms with Crippen molar-refractivity contribution in [1.82, 2.24) is 9.91 Å². The molecule has 0 atom stereocenters. The lowest BCUT2D eigenvalue weighted by molar-refractivity contribution is -0.137. The van der Waals surface area contributed by atoms with Gasteiger partial charge >= 0.3 is 0 Å². The average molecular weight is 435 g/mol. The quantitative estimate of drug-likeness (QED) is 0.723. The molecule has 2 heterocycles. The molecule has 0 unspecified atom stereocenters. The van der Waals surface area contributed by atoms with Gasteiger partial charge < -0.3 is 14.4 Å². The zero-order valence-electron chi connectivity index (χ0n) is 18.9. The first kappa shape index (κ1) is 21.9. The van der Waals surface area contributed by atoms with Gasteiger partial charge in [0.1, 0.15) is 0 Å². The highest BCUT2D eigenvalue weighted by molar-refractivity contribution is 6.19. The Balaban J connectivity index is 1.52. The largest absolute Gasteiger partial charge is 0.493 e. The number of nitrogens with zero attached hydrogens (tertiary/aromatic N) is 3. The van der Waals surface area contributed by atoms with Gasteiger partial charge in [-0.2, -0.15) is 5.10 Å². The van der Waals surface area contributed by atoms with E-state index in [-0.39, 0.29) is 17.9 Å². The lowest BCUT2D eigenvalue weighted by Gasteiger charge is -2.35. The predicted molar refractivity (Wildman–Crippen MR) is 121 cm³/mol. The minimum absolute atomic E-state index is 0.0216. The summed E-state index contributed by atoms with van der Waals surface area (Å²) in [5.41, 5.74) is 1.35. The zero-order chi connectivity index (χ0) is 22.9. The molecule has 7 nitrogen and oxygen atoms in total. The van der Waals surface area contributed by atoms with Crippen LogP contribution in [-0.4, -0.2) is 60.8 Å². The van der Waals surface area contributed by atoms with E-state index in [0.717, 1.165) is 5.56 Å². The first-order valence-corrected chi connectivity index (χ1v) is 10.8. The highest BCUT2D eigenvalue weighted by atomic mass is 16.5. The first-order valence-electron chi connectivity index (χ1n) is 10.8. The molecule has 0 bridgehead atoms. The van der Waals surface area contributed by atoms with Crippen molar-refractivity contribution in [3.63, 3.8) is 0 Å². The number of piperidine rings is 1. The molecule has 2 aliphatic rings. The van der Waals surface area contributed by atoms with E-state index in [2.05, 4.69) is 6.07 Å². The van der Waals surface area contributed by atoms with Gasteiger partial charge in [0, 0.05) is 24.2 Å². The Labute approximate surface area is 188 Å². The van der Waals surface area contributed by atoms with Crippen molar-refractivity contribution in [3.05, 3.63) is 59.7 Å². The van der Waals surface area contributed by atoms with Crippen molar-refractivity contribution in [3.8, 4) is 11.5 Å². The fourth-order valence-electron chi connectivity index (χ4n) is 4.33. The van der Waals surface area contributed by atoms with Gasteiger partial charge in [-0.05, 0) is 57.0 Å². The van der Waals surface area contributed by atoms with E-state index in [1.807, 2.05) is 49.1 Å². The summed E-state index contributed by atoms with van der Waals surface area (Å²) in [5, 5.41) is 6.40. The van der Waals surface area contributed by atoms with Crippen LogP contribution in [0.1, 0.15) is 42.6 Å². The summed E-state index contributed by atoms with van der Waals surface area (Å²) >= 11 is 0. The van der Waals surface area contributed by atoms with Crippen LogP contribution < -0.4 is 9.47 Å². The summed E-state index contributed by atoms with van der Waals surface area (Å²) in [6.07, 6.45) is 1.37. The molecule has 0 aliphatic carbocycles. The maximum absolute atomic E-state index is 13.3. The number of hydrazone groups is 1. The average Bonchev–Trinajstić information content (AvgIpc) is 3.07. The highest BCUT2D eigenvalue weighted by Gasteiger charge is 2.47. The molecule has 1 saturated heterocycles. The van der Waals surface area contributed by atoms with Gasteiger partial charge in [-0.3, -0.25) is 9.59 Å². The molecule has 32 heavy (non-hydrogen) atoms. The molecule has 2 aliphatic heterocycles. The van der Waals surface area contributed by atoms with E-state index < -0.39 is 5.41 Å². The molecule has 0 aromatic heterocycles. The van der Waals surface area contributed by atoms with Crippen LogP contribution in [0.2, 0.25) is 0 Å². The Morgan fingerprint density at radius 3 is 2.44 bits per heavy atom. The van der Waals surface area contributed by atoms with E-state index in [1.54, 1.807) is 31.4 Å². The number of hydrogen-bond donors (Lipinski definition) is 0. The van der Waals surface area contributed by atoms with Crippen LogP contribution in [0.4, 0.5) is 0 Å². The van der Waals surface area contributed by atoms with Gasteiger partial charge in [-0.1, -0.05) is 18.2 Å². The van der Waals surface area contributed by atoms with Crippen molar-refractivity contribution in [2.45, 2.75) is 32.7 Å². The van der Waals surface area contributed by atoms with Crippen molar-refractivity contribution >= 4 is 17.5 Å². The Morgan fingerprint density at radius 1 is 1.09 bits per heavy atom. The van der Waals surface area contributed by atoms with Gasteiger partial charge in [0.05, 0.1) is 31.4 Å². The number of carbonyl (C=O) groups excluding carboxylic acids is 2. The number of amides is 2. The van der Waals surface area contributed by atoms with E-state index in [4.69, 9.17) is 14.6 Å². The standard InChI is InChI=1S/C25H28N3O4/c1-25(2)22(18-10-11-20(31-3)21(16-18)32-4)26-28(24(25)30)19-12-14-27(15-13-19)23(29)17-8-6-5-7-9-17/h5-8,10-11,16,19H,12-15H2,1-4H3. The summed E-state index contributed by atoms with van der Waals surface area (Å²) < 4.78 is 10.8. The van der Waals surface area contributed by atoms with Crippen molar-refractivity contribution in [2.75, 3.05) is 27.3 Å². The summed E-state index contributed by atoms with van der Waals surface area (Å²) in [7, 11) is 3.18. The second-order valence-electron chi connectivity index (χ2n) is 8.59. The fraction of sp³-hybridized carbons (Fsp3) is 0.400. The van der Waals surface area contributed by atoms with Gasteiger partial charge in [-0.25, -0.2) is 5.01 Å². The van der Waals surface area contributed by atoms with Crippen LogP contribution >= 0.6 is 0 Å². The second-order valence-corrected chi connectivity index (χ2v) is 8.59. The minimum atomic E-state index is -0.758. The number of ether oxygens (including phenoxy) is 2. The molecular formula is C25H28N3O4. The van der Waals surface area contributed by atoms with E-state index in [1.165, 1.54) is 0 Å². The molecule has 0 N–H and O–H groups in total. The van der Waals surface area contributed by atoms with Crippen LogP contribution in [0.5, 0.6) is 11.5 Å². The second kappa shape index (κ2) is 8.65. The Bertz CT molecular complexity index is 1040. The molecule has 167 valence electrons. The van der Waals surface area contributed by atoms with Gasteiger partial charge in [-0.15, -0.1) is 0 Å². The Morgan fingerprint density at radius 2 is 1.81 bits per heavy atom. The normalized spacial score (nSPS) is 18.5. The molecule has 1 radical (unpaired) electrons. The summed E-state index contributed by atoms with van der Waals surface area (Å²) in [6, 6.07) is 15.7.